The van der Waals surface area contributed by atoms with Crippen molar-refractivity contribution in [1.82, 2.24) is 0 Å². The van der Waals surface area contributed by atoms with Crippen LogP contribution in [-0.4, -0.2) is 29.7 Å². The predicted octanol–water partition coefficient (Wildman–Crippen LogP) is 5.64. The number of carbonyl (C=O) groups excluding carboxylic acids is 1. The van der Waals surface area contributed by atoms with Crippen LogP contribution in [0.2, 0.25) is 5.02 Å². The average molecular weight is 452 g/mol. The Morgan fingerprint density at radius 3 is 2.37 bits per heavy atom. The van der Waals surface area contributed by atoms with Gasteiger partial charge in [0.25, 0.3) is 5.91 Å². The summed E-state index contributed by atoms with van der Waals surface area (Å²) in [4.78, 5) is 28.2. The van der Waals surface area contributed by atoms with E-state index in [1.807, 2.05) is 32.9 Å². The molecule has 0 radical (unpaired) electrons. The first-order valence-electron chi connectivity index (χ1n) is 8.65. The van der Waals surface area contributed by atoms with Gasteiger partial charge in [0.1, 0.15) is 0 Å². The molecule has 0 fully saturated rings. The summed E-state index contributed by atoms with van der Waals surface area (Å²) >= 11 is 9.40. The van der Waals surface area contributed by atoms with Crippen LogP contribution in [0.5, 0.6) is 0 Å². The molecular weight excluding hydrogens is 432 g/mol. The summed E-state index contributed by atoms with van der Waals surface area (Å²) in [5, 5.41) is 10.3. The number of halogens is 2. The second-order valence-electron chi connectivity index (χ2n) is 6.68. The van der Waals surface area contributed by atoms with Crippen molar-refractivity contribution in [2.24, 2.45) is 0 Å². The number of aryl methyl sites for hydroxylation is 2. The van der Waals surface area contributed by atoms with Gasteiger partial charge in [0.2, 0.25) is 0 Å². The maximum absolute atomic E-state index is 13.3. The molecule has 2 aromatic carbocycles. The van der Waals surface area contributed by atoms with Crippen molar-refractivity contribution in [3.8, 4) is 0 Å². The van der Waals surface area contributed by atoms with Gasteiger partial charge in [-0.05, 0) is 77.7 Å². The van der Waals surface area contributed by atoms with Crippen LogP contribution in [0.3, 0.4) is 0 Å². The SMILES string of the molecule is CCC1CN(C(=O)c2ccc(Cl)c(Br)c2)c2cc(C)c(C)cc2N1C(=O)O. The number of fused-ring (bicyclic) bond motifs is 1. The maximum atomic E-state index is 13.3. The number of benzene rings is 2. The molecule has 1 aliphatic rings. The van der Waals surface area contributed by atoms with Crippen LogP contribution in [0.25, 0.3) is 0 Å². The number of hydrogen-bond donors (Lipinski definition) is 1. The van der Waals surface area contributed by atoms with Crippen molar-refractivity contribution in [1.29, 1.82) is 0 Å². The minimum absolute atomic E-state index is 0.180. The maximum Gasteiger partial charge on any atom is 0.412 e. The molecule has 0 bridgehead atoms. The summed E-state index contributed by atoms with van der Waals surface area (Å²) < 4.78 is 0.645. The number of carboxylic acid groups (broad SMARTS) is 1. The topological polar surface area (TPSA) is 60.9 Å². The minimum Gasteiger partial charge on any atom is -0.465 e. The van der Waals surface area contributed by atoms with Crippen LogP contribution in [0, 0.1) is 13.8 Å². The Kier molecular flexibility index (Phi) is 5.49. The van der Waals surface area contributed by atoms with Crippen LogP contribution in [0.15, 0.2) is 34.8 Å². The fraction of sp³-hybridized carbons (Fsp3) is 0.300. The lowest BCUT2D eigenvalue weighted by Crippen LogP contribution is -2.52. The van der Waals surface area contributed by atoms with Gasteiger partial charge in [-0.15, -0.1) is 0 Å². The molecule has 27 heavy (non-hydrogen) atoms. The number of hydrogen-bond acceptors (Lipinski definition) is 2. The summed E-state index contributed by atoms with van der Waals surface area (Å²) in [6.45, 7) is 6.12. The molecule has 0 saturated heterocycles. The van der Waals surface area contributed by atoms with Crippen LogP contribution in [0.4, 0.5) is 16.2 Å². The summed E-state index contributed by atoms with van der Waals surface area (Å²) in [5.74, 6) is -0.180. The smallest absolute Gasteiger partial charge is 0.412 e. The number of carbonyl (C=O) groups is 2. The van der Waals surface area contributed by atoms with E-state index in [0.717, 1.165) is 11.1 Å². The standard InChI is InChI=1S/C20H20BrClN2O3/c1-4-14-10-23(19(25)13-5-6-16(22)15(21)9-13)17-7-11(2)12(3)8-18(17)24(14)20(26)27/h5-9,14H,4,10H2,1-3H3,(H,26,27). The molecule has 1 N–H and O–H groups in total. The van der Waals surface area contributed by atoms with E-state index in [1.54, 1.807) is 23.1 Å². The zero-order valence-electron chi connectivity index (χ0n) is 15.3. The first-order chi connectivity index (χ1) is 12.7. The molecule has 7 heteroatoms. The molecule has 1 unspecified atom stereocenters. The first kappa shape index (κ1) is 19.7. The van der Waals surface area contributed by atoms with Gasteiger partial charge < -0.3 is 10.0 Å². The van der Waals surface area contributed by atoms with Crippen molar-refractivity contribution in [3.05, 3.63) is 56.5 Å². The molecule has 0 saturated carbocycles. The summed E-state index contributed by atoms with van der Waals surface area (Å²) in [5.41, 5.74) is 3.64. The number of nitrogens with zero attached hydrogens (tertiary/aromatic N) is 2. The zero-order chi connectivity index (χ0) is 19.9. The number of rotatable bonds is 2. The van der Waals surface area contributed by atoms with Gasteiger partial charge in [-0.2, -0.15) is 0 Å². The summed E-state index contributed by atoms with van der Waals surface area (Å²) in [7, 11) is 0. The molecule has 142 valence electrons. The van der Waals surface area contributed by atoms with E-state index in [1.165, 1.54) is 4.90 Å². The Balaban J connectivity index is 2.14. The normalized spacial score (nSPS) is 16.3. The fourth-order valence-electron chi connectivity index (χ4n) is 3.33. The van der Waals surface area contributed by atoms with E-state index in [-0.39, 0.29) is 11.9 Å². The highest BCUT2D eigenvalue weighted by Crippen LogP contribution is 2.39. The van der Waals surface area contributed by atoms with Crippen LogP contribution >= 0.6 is 27.5 Å². The molecular formula is C20H20BrClN2O3. The Bertz CT molecular complexity index is 932. The van der Waals surface area contributed by atoms with E-state index in [9.17, 15) is 14.7 Å². The lowest BCUT2D eigenvalue weighted by molar-refractivity contribution is 0.0982. The van der Waals surface area contributed by atoms with Gasteiger partial charge in [0, 0.05) is 16.6 Å². The van der Waals surface area contributed by atoms with Gasteiger partial charge in [-0.25, -0.2) is 4.79 Å². The van der Waals surface area contributed by atoms with Crippen LogP contribution < -0.4 is 9.80 Å². The third-order valence-corrected chi connectivity index (χ3v) is 6.20. The lowest BCUT2D eigenvalue weighted by Gasteiger charge is -2.41. The molecule has 0 aliphatic carbocycles. The highest BCUT2D eigenvalue weighted by atomic mass is 79.9. The highest BCUT2D eigenvalue weighted by molar-refractivity contribution is 9.10. The molecule has 5 nitrogen and oxygen atoms in total. The monoisotopic (exact) mass is 450 g/mol. The summed E-state index contributed by atoms with van der Waals surface area (Å²) in [6, 6.07) is 8.46. The fourth-order valence-corrected chi connectivity index (χ4v) is 3.83. The quantitative estimate of drug-likeness (QED) is 0.642. The third-order valence-electron chi connectivity index (χ3n) is 4.99. The predicted molar refractivity (Wildman–Crippen MR) is 111 cm³/mol. The summed E-state index contributed by atoms with van der Waals surface area (Å²) in [6.07, 6.45) is -0.403. The first-order valence-corrected chi connectivity index (χ1v) is 9.82. The second-order valence-corrected chi connectivity index (χ2v) is 7.95. The molecule has 2 amide bonds. The van der Waals surface area contributed by atoms with Gasteiger partial charge in [-0.3, -0.25) is 9.69 Å². The van der Waals surface area contributed by atoms with Crippen molar-refractivity contribution in [2.45, 2.75) is 33.2 Å². The second kappa shape index (κ2) is 7.52. The van der Waals surface area contributed by atoms with E-state index in [4.69, 9.17) is 11.6 Å². The van der Waals surface area contributed by atoms with Gasteiger partial charge in [0.05, 0.1) is 22.4 Å². The lowest BCUT2D eigenvalue weighted by atomic mass is 9.99. The Hall–Kier alpha value is -2.05. The molecule has 1 aliphatic heterocycles. The largest absolute Gasteiger partial charge is 0.465 e. The van der Waals surface area contributed by atoms with Gasteiger partial charge in [-0.1, -0.05) is 18.5 Å². The zero-order valence-corrected chi connectivity index (χ0v) is 17.6. The van der Waals surface area contributed by atoms with Crippen LogP contribution in [0.1, 0.15) is 34.8 Å². The van der Waals surface area contributed by atoms with E-state index >= 15 is 0 Å². The van der Waals surface area contributed by atoms with E-state index < -0.39 is 6.09 Å². The minimum atomic E-state index is -1.01. The Labute approximate surface area is 171 Å². The van der Waals surface area contributed by atoms with Crippen molar-refractivity contribution >= 4 is 50.9 Å². The molecule has 0 aromatic heterocycles. The molecule has 3 rings (SSSR count). The molecule has 1 atom stereocenters. The number of amides is 2. The third kappa shape index (κ3) is 3.56. The Morgan fingerprint density at radius 2 is 1.81 bits per heavy atom. The van der Waals surface area contributed by atoms with Crippen molar-refractivity contribution in [2.75, 3.05) is 16.3 Å². The van der Waals surface area contributed by atoms with E-state index in [0.29, 0.717) is 39.4 Å². The molecule has 2 aromatic rings. The van der Waals surface area contributed by atoms with Crippen LogP contribution in [-0.2, 0) is 0 Å². The number of anilines is 2. The average Bonchev–Trinajstić information content (AvgIpc) is 2.63. The van der Waals surface area contributed by atoms with Crippen molar-refractivity contribution in [3.63, 3.8) is 0 Å². The van der Waals surface area contributed by atoms with E-state index in [2.05, 4.69) is 15.9 Å². The van der Waals surface area contributed by atoms with Gasteiger partial charge in [0.15, 0.2) is 0 Å². The van der Waals surface area contributed by atoms with Gasteiger partial charge >= 0.3 is 6.09 Å². The van der Waals surface area contributed by atoms with Crippen molar-refractivity contribution < 1.29 is 14.7 Å². The highest BCUT2D eigenvalue weighted by Gasteiger charge is 2.37. The molecule has 0 spiro atoms. The molecule has 1 heterocycles. The Morgan fingerprint density at radius 1 is 1.19 bits per heavy atom.